The number of rotatable bonds is 2. The maximum atomic E-state index is 5.69. The molecule has 0 radical (unpaired) electrons. The quantitative estimate of drug-likeness (QED) is 0.795. The fraction of sp³-hybridized carbons (Fsp3) is 0.364. The highest BCUT2D eigenvalue weighted by atomic mass is 15.2. The Kier molecular flexibility index (Phi) is 2.60. The van der Waals surface area contributed by atoms with E-state index in [0.29, 0.717) is 12.2 Å². The molecule has 2 rings (SSSR count). The minimum atomic E-state index is 0.0639. The standard InChI is InChI=1S/C11H14N4/c1-7-4-3-5-9-11(7)15-14-10(13-9)6-8(2)12/h3-5,8H,6,12H2,1-2H3. The summed E-state index contributed by atoms with van der Waals surface area (Å²) in [5, 5.41) is 8.23. The van der Waals surface area contributed by atoms with Crippen molar-refractivity contribution in [1.29, 1.82) is 0 Å². The van der Waals surface area contributed by atoms with Crippen molar-refractivity contribution in [3.05, 3.63) is 29.6 Å². The smallest absolute Gasteiger partial charge is 0.153 e. The molecule has 0 aliphatic carbocycles. The molecule has 15 heavy (non-hydrogen) atoms. The molecule has 1 unspecified atom stereocenters. The van der Waals surface area contributed by atoms with Gasteiger partial charge in [-0.1, -0.05) is 12.1 Å². The zero-order chi connectivity index (χ0) is 10.8. The number of hydrogen-bond acceptors (Lipinski definition) is 4. The minimum Gasteiger partial charge on any atom is -0.328 e. The third-order valence-electron chi connectivity index (χ3n) is 2.24. The Bertz CT molecular complexity index is 479. The monoisotopic (exact) mass is 202 g/mol. The van der Waals surface area contributed by atoms with Crippen LogP contribution in [0.4, 0.5) is 0 Å². The Morgan fingerprint density at radius 1 is 1.33 bits per heavy atom. The van der Waals surface area contributed by atoms with Gasteiger partial charge in [0.05, 0.1) is 5.52 Å². The molecule has 78 valence electrons. The van der Waals surface area contributed by atoms with E-state index in [2.05, 4.69) is 15.2 Å². The number of nitrogens with zero attached hydrogens (tertiary/aromatic N) is 3. The first kappa shape index (κ1) is 9.98. The summed E-state index contributed by atoms with van der Waals surface area (Å²) in [4.78, 5) is 4.42. The Labute approximate surface area is 88.5 Å². The van der Waals surface area contributed by atoms with Gasteiger partial charge < -0.3 is 5.73 Å². The zero-order valence-electron chi connectivity index (χ0n) is 8.94. The van der Waals surface area contributed by atoms with E-state index in [4.69, 9.17) is 5.73 Å². The van der Waals surface area contributed by atoms with Crippen LogP contribution in [0.3, 0.4) is 0 Å². The van der Waals surface area contributed by atoms with Crippen LogP contribution in [0.1, 0.15) is 18.3 Å². The van der Waals surface area contributed by atoms with Crippen LogP contribution in [0.2, 0.25) is 0 Å². The van der Waals surface area contributed by atoms with Crippen molar-refractivity contribution in [3.63, 3.8) is 0 Å². The predicted octanol–water partition coefficient (Wildman–Crippen LogP) is 1.22. The lowest BCUT2D eigenvalue weighted by molar-refractivity contribution is 0.692. The lowest BCUT2D eigenvalue weighted by atomic mass is 10.2. The molecular weight excluding hydrogens is 188 g/mol. The molecule has 4 nitrogen and oxygen atoms in total. The molecule has 0 aliphatic heterocycles. The average molecular weight is 202 g/mol. The van der Waals surface area contributed by atoms with Gasteiger partial charge in [0.2, 0.25) is 0 Å². The Morgan fingerprint density at radius 2 is 2.13 bits per heavy atom. The molecule has 1 aromatic carbocycles. The van der Waals surface area contributed by atoms with E-state index in [0.717, 1.165) is 16.6 Å². The molecule has 0 bridgehead atoms. The second kappa shape index (κ2) is 3.90. The number of hydrogen-bond donors (Lipinski definition) is 1. The van der Waals surface area contributed by atoms with Crippen molar-refractivity contribution >= 4 is 11.0 Å². The molecular formula is C11H14N4. The van der Waals surface area contributed by atoms with Gasteiger partial charge in [-0.3, -0.25) is 0 Å². The maximum absolute atomic E-state index is 5.69. The van der Waals surface area contributed by atoms with E-state index >= 15 is 0 Å². The van der Waals surface area contributed by atoms with Crippen molar-refractivity contribution in [2.75, 3.05) is 0 Å². The van der Waals surface area contributed by atoms with Gasteiger partial charge in [0, 0.05) is 12.5 Å². The molecule has 0 aliphatic rings. The number of nitrogens with two attached hydrogens (primary N) is 1. The molecule has 0 fully saturated rings. The van der Waals surface area contributed by atoms with Crippen molar-refractivity contribution in [1.82, 2.24) is 15.2 Å². The molecule has 4 heteroatoms. The molecule has 0 amide bonds. The topological polar surface area (TPSA) is 64.7 Å². The van der Waals surface area contributed by atoms with Gasteiger partial charge in [0.15, 0.2) is 5.82 Å². The molecule has 1 heterocycles. The van der Waals surface area contributed by atoms with Crippen molar-refractivity contribution in [3.8, 4) is 0 Å². The first-order valence-electron chi connectivity index (χ1n) is 5.01. The summed E-state index contributed by atoms with van der Waals surface area (Å²) in [6, 6.07) is 5.99. The summed E-state index contributed by atoms with van der Waals surface area (Å²) < 4.78 is 0. The van der Waals surface area contributed by atoms with E-state index in [1.54, 1.807) is 0 Å². The summed E-state index contributed by atoms with van der Waals surface area (Å²) in [5.74, 6) is 0.711. The fourth-order valence-corrected chi connectivity index (χ4v) is 1.51. The second-order valence-electron chi connectivity index (χ2n) is 3.85. The maximum Gasteiger partial charge on any atom is 0.153 e. The summed E-state index contributed by atoms with van der Waals surface area (Å²) >= 11 is 0. The molecule has 2 aromatic rings. The van der Waals surface area contributed by atoms with Gasteiger partial charge in [-0.25, -0.2) is 4.98 Å². The second-order valence-corrected chi connectivity index (χ2v) is 3.85. The number of aromatic nitrogens is 3. The number of aryl methyl sites for hydroxylation is 1. The van der Waals surface area contributed by atoms with Crippen LogP contribution in [0.15, 0.2) is 18.2 Å². The SMILES string of the molecule is Cc1cccc2nc(CC(C)N)nnc12. The summed E-state index contributed by atoms with van der Waals surface area (Å²) in [6.07, 6.45) is 0.664. The van der Waals surface area contributed by atoms with Gasteiger partial charge in [0.1, 0.15) is 5.52 Å². The average Bonchev–Trinajstić information content (AvgIpc) is 2.17. The highest BCUT2D eigenvalue weighted by molar-refractivity contribution is 5.76. The third-order valence-corrected chi connectivity index (χ3v) is 2.24. The van der Waals surface area contributed by atoms with Crippen LogP contribution in [0.5, 0.6) is 0 Å². The normalized spacial score (nSPS) is 13.0. The van der Waals surface area contributed by atoms with E-state index < -0.39 is 0 Å². The van der Waals surface area contributed by atoms with Crippen molar-refractivity contribution in [2.45, 2.75) is 26.3 Å². The summed E-state index contributed by atoms with van der Waals surface area (Å²) in [7, 11) is 0. The predicted molar refractivity (Wildman–Crippen MR) is 59.4 cm³/mol. The highest BCUT2D eigenvalue weighted by Gasteiger charge is 2.05. The van der Waals surface area contributed by atoms with E-state index in [1.165, 1.54) is 0 Å². The number of fused-ring (bicyclic) bond motifs is 1. The number of benzene rings is 1. The van der Waals surface area contributed by atoms with Crippen molar-refractivity contribution in [2.24, 2.45) is 5.73 Å². The van der Waals surface area contributed by atoms with Gasteiger partial charge in [-0.05, 0) is 25.5 Å². The van der Waals surface area contributed by atoms with Crippen LogP contribution in [0.25, 0.3) is 11.0 Å². The Morgan fingerprint density at radius 3 is 2.87 bits per heavy atom. The first-order valence-corrected chi connectivity index (χ1v) is 5.01. The lowest BCUT2D eigenvalue weighted by Crippen LogP contribution is -2.19. The van der Waals surface area contributed by atoms with Crippen LogP contribution in [-0.4, -0.2) is 21.2 Å². The van der Waals surface area contributed by atoms with E-state index in [9.17, 15) is 0 Å². The summed E-state index contributed by atoms with van der Waals surface area (Å²) in [6.45, 7) is 3.94. The fourth-order valence-electron chi connectivity index (χ4n) is 1.51. The largest absolute Gasteiger partial charge is 0.328 e. The molecule has 1 aromatic heterocycles. The van der Waals surface area contributed by atoms with Gasteiger partial charge in [-0.15, -0.1) is 10.2 Å². The molecule has 0 spiro atoms. The van der Waals surface area contributed by atoms with Crippen molar-refractivity contribution < 1.29 is 0 Å². The third kappa shape index (κ3) is 2.10. The van der Waals surface area contributed by atoms with Crippen LogP contribution in [0, 0.1) is 6.92 Å². The molecule has 1 atom stereocenters. The van der Waals surface area contributed by atoms with Crippen LogP contribution in [-0.2, 0) is 6.42 Å². The molecule has 2 N–H and O–H groups in total. The zero-order valence-corrected chi connectivity index (χ0v) is 8.94. The highest BCUT2D eigenvalue weighted by Crippen LogP contribution is 2.12. The van der Waals surface area contributed by atoms with E-state index in [1.807, 2.05) is 32.0 Å². The van der Waals surface area contributed by atoms with Gasteiger partial charge in [-0.2, -0.15) is 0 Å². The minimum absolute atomic E-state index is 0.0639. The van der Waals surface area contributed by atoms with Gasteiger partial charge >= 0.3 is 0 Å². The Balaban J connectivity index is 2.48. The lowest BCUT2D eigenvalue weighted by Gasteiger charge is -2.04. The summed E-state index contributed by atoms with van der Waals surface area (Å²) in [5.41, 5.74) is 8.54. The van der Waals surface area contributed by atoms with Gasteiger partial charge in [0.25, 0.3) is 0 Å². The molecule has 0 saturated carbocycles. The Hall–Kier alpha value is -1.55. The van der Waals surface area contributed by atoms with Crippen LogP contribution >= 0.6 is 0 Å². The molecule has 0 saturated heterocycles. The van der Waals surface area contributed by atoms with Crippen LogP contribution < -0.4 is 5.73 Å². The first-order chi connectivity index (χ1) is 7.16. The van der Waals surface area contributed by atoms with E-state index in [-0.39, 0.29) is 6.04 Å².